The molecule has 0 spiro atoms. The van der Waals surface area contributed by atoms with Gasteiger partial charge < -0.3 is 15.4 Å². The molecule has 1 fully saturated rings. The molecule has 150 valence electrons. The second-order valence-electron chi connectivity index (χ2n) is 7.12. The van der Waals surface area contributed by atoms with Gasteiger partial charge in [0.05, 0.1) is 7.11 Å². The third kappa shape index (κ3) is 7.43. The van der Waals surface area contributed by atoms with Crippen LogP contribution in [-0.2, 0) is 6.42 Å². The molecule has 0 aliphatic carbocycles. The lowest BCUT2D eigenvalue weighted by Crippen LogP contribution is -2.48. The SMILES string of the molecule is C=C(C)CN1CCC(NC(=NCCc2ccc(OC)cc2Cl)NCC)CC1. The molecule has 5 nitrogen and oxygen atoms in total. The molecule has 27 heavy (non-hydrogen) atoms. The smallest absolute Gasteiger partial charge is 0.191 e. The van der Waals surface area contributed by atoms with Crippen LogP contribution in [0.2, 0.25) is 5.02 Å². The minimum absolute atomic E-state index is 0.466. The summed E-state index contributed by atoms with van der Waals surface area (Å²) in [7, 11) is 1.65. The van der Waals surface area contributed by atoms with Gasteiger partial charge in [-0.3, -0.25) is 9.89 Å². The minimum atomic E-state index is 0.466. The van der Waals surface area contributed by atoms with Gasteiger partial charge in [-0.15, -0.1) is 0 Å². The number of likely N-dealkylation sites (tertiary alicyclic amines) is 1. The van der Waals surface area contributed by atoms with E-state index < -0.39 is 0 Å². The van der Waals surface area contributed by atoms with Crippen LogP contribution >= 0.6 is 11.6 Å². The molecule has 0 amide bonds. The van der Waals surface area contributed by atoms with E-state index in [9.17, 15) is 0 Å². The maximum atomic E-state index is 6.32. The number of ether oxygens (including phenoxy) is 1. The standard InChI is InChI=1S/C21H33ClN4O/c1-5-23-21(25-18-9-12-26(13-10-18)15-16(2)3)24-11-8-17-6-7-19(27-4)14-20(17)22/h6-7,14,18H,2,5,8-13,15H2,1,3-4H3,(H2,23,24,25). The summed E-state index contributed by atoms with van der Waals surface area (Å²) < 4.78 is 5.20. The van der Waals surface area contributed by atoms with Crippen LogP contribution in [0.15, 0.2) is 35.3 Å². The maximum Gasteiger partial charge on any atom is 0.191 e. The van der Waals surface area contributed by atoms with E-state index in [4.69, 9.17) is 21.3 Å². The van der Waals surface area contributed by atoms with Gasteiger partial charge in [0, 0.05) is 43.8 Å². The fourth-order valence-electron chi connectivity index (χ4n) is 3.28. The number of methoxy groups -OCH3 is 1. The quantitative estimate of drug-likeness (QED) is 0.404. The molecule has 0 atom stereocenters. The predicted octanol–water partition coefficient (Wildman–Crippen LogP) is 3.49. The monoisotopic (exact) mass is 392 g/mol. The molecule has 0 bridgehead atoms. The predicted molar refractivity (Wildman–Crippen MR) is 115 cm³/mol. The number of piperidine rings is 1. The molecule has 1 heterocycles. The van der Waals surface area contributed by atoms with Crippen molar-refractivity contribution in [1.29, 1.82) is 0 Å². The van der Waals surface area contributed by atoms with Crippen LogP contribution in [0.25, 0.3) is 0 Å². The van der Waals surface area contributed by atoms with E-state index in [2.05, 4.69) is 36.0 Å². The fraction of sp³-hybridized carbons (Fsp3) is 0.571. The highest BCUT2D eigenvalue weighted by atomic mass is 35.5. The molecule has 1 saturated heterocycles. The summed E-state index contributed by atoms with van der Waals surface area (Å²) >= 11 is 6.32. The Kier molecular flexibility index (Phi) is 8.95. The Morgan fingerprint density at radius 3 is 2.70 bits per heavy atom. The number of nitrogens with one attached hydrogen (secondary N) is 2. The van der Waals surface area contributed by atoms with E-state index in [1.165, 1.54) is 5.57 Å². The van der Waals surface area contributed by atoms with Gasteiger partial charge >= 0.3 is 0 Å². The summed E-state index contributed by atoms with van der Waals surface area (Å²) in [4.78, 5) is 7.20. The Labute approximate surface area is 168 Å². The van der Waals surface area contributed by atoms with Gasteiger partial charge in [-0.1, -0.05) is 29.8 Å². The van der Waals surface area contributed by atoms with E-state index in [0.29, 0.717) is 12.6 Å². The number of benzene rings is 1. The van der Waals surface area contributed by atoms with Crippen LogP contribution in [0.5, 0.6) is 5.75 Å². The van der Waals surface area contributed by atoms with E-state index >= 15 is 0 Å². The second kappa shape index (κ2) is 11.2. The Morgan fingerprint density at radius 2 is 2.11 bits per heavy atom. The molecule has 1 aromatic rings. The first-order valence-electron chi connectivity index (χ1n) is 9.75. The third-order valence-corrected chi connectivity index (χ3v) is 5.03. The topological polar surface area (TPSA) is 48.9 Å². The molecule has 0 aromatic heterocycles. The van der Waals surface area contributed by atoms with Crippen molar-refractivity contribution in [2.75, 3.05) is 39.8 Å². The Balaban J connectivity index is 1.84. The van der Waals surface area contributed by atoms with Crippen LogP contribution in [-0.4, -0.2) is 56.7 Å². The van der Waals surface area contributed by atoms with Gasteiger partial charge in [-0.2, -0.15) is 0 Å². The first kappa shape index (κ1) is 21.6. The molecule has 1 aliphatic rings. The van der Waals surface area contributed by atoms with Crippen molar-refractivity contribution in [3.63, 3.8) is 0 Å². The van der Waals surface area contributed by atoms with Crippen molar-refractivity contribution in [3.05, 3.63) is 40.9 Å². The molecule has 0 unspecified atom stereocenters. The van der Waals surface area contributed by atoms with Crippen LogP contribution < -0.4 is 15.4 Å². The lowest BCUT2D eigenvalue weighted by molar-refractivity contribution is 0.221. The number of halogens is 1. The van der Waals surface area contributed by atoms with E-state index in [-0.39, 0.29) is 0 Å². The lowest BCUT2D eigenvalue weighted by Gasteiger charge is -2.33. The summed E-state index contributed by atoms with van der Waals surface area (Å²) in [6, 6.07) is 6.26. The van der Waals surface area contributed by atoms with Crippen molar-refractivity contribution in [1.82, 2.24) is 15.5 Å². The zero-order valence-corrected chi connectivity index (χ0v) is 17.6. The van der Waals surface area contributed by atoms with E-state index in [1.54, 1.807) is 7.11 Å². The number of hydrogen-bond acceptors (Lipinski definition) is 3. The molecule has 0 saturated carbocycles. The Bertz CT molecular complexity index is 639. The van der Waals surface area contributed by atoms with Crippen LogP contribution in [0.1, 0.15) is 32.3 Å². The molecule has 2 N–H and O–H groups in total. The molecule has 6 heteroatoms. The first-order chi connectivity index (χ1) is 13.0. The van der Waals surface area contributed by atoms with Crippen LogP contribution in [0.3, 0.4) is 0 Å². The lowest BCUT2D eigenvalue weighted by atomic mass is 10.0. The Morgan fingerprint density at radius 1 is 1.37 bits per heavy atom. The first-order valence-corrected chi connectivity index (χ1v) is 10.1. The summed E-state index contributed by atoms with van der Waals surface area (Å²) in [6.07, 6.45) is 3.06. The zero-order chi connectivity index (χ0) is 19.6. The molecule has 1 aliphatic heterocycles. The highest BCUT2D eigenvalue weighted by molar-refractivity contribution is 6.31. The van der Waals surface area contributed by atoms with Gasteiger partial charge in [0.2, 0.25) is 0 Å². The average Bonchev–Trinajstić information content (AvgIpc) is 2.64. The van der Waals surface area contributed by atoms with Crippen molar-refractivity contribution < 1.29 is 4.74 Å². The molecule has 2 rings (SSSR count). The normalized spacial score (nSPS) is 16.2. The number of nitrogens with zero attached hydrogens (tertiary/aromatic N) is 2. The van der Waals surface area contributed by atoms with Gasteiger partial charge in [0.15, 0.2) is 5.96 Å². The third-order valence-electron chi connectivity index (χ3n) is 4.68. The largest absolute Gasteiger partial charge is 0.497 e. The maximum absolute atomic E-state index is 6.32. The number of hydrogen-bond donors (Lipinski definition) is 2. The average molecular weight is 393 g/mol. The highest BCUT2D eigenvalue weighted by Gasteiger charge is 2.19. The number of guanidine groups is 1. The van der Waals surface area contributed by atoms with Gasteiger partial charge in [0.1, 0.15) is 5.75 Å². The van der Waals surface area contributed by atoms with E-state index in [1.807, 2.05) is 18.2 Å². The molecular weight excluding hydrogens is 360 g/mol. The Hall–Kier alpha value is -1.72. The summed E-state index contributed by atoms with van der Waals surface area (Å²) in [5, 5.41) is 7.67. The molecular formula is C21H33ClN4O. The zero-order valence-electron chi connectivity index (χ0n) is 16.9. The summed E-state index contributed by atoms with van der Waals surface area (Å²) in [5.41, 5.74) is 2.32. The van der Waals surface area contributed by atoms with Gasteiger partial charge in [-0.05, 0) is 50.8 Å². The number of rotatable bonds is 8. The molecule has 1 aromatic carbocycles. The number of aliphatic imine (C=N–C) groups is 1. The van der Waals surface area contributed by atoms with Gasteiger partial charge in [-0.25, -0.2) is 0 Å². The highest BCUT2D eigenvalue weighted by Crippen LogP contribution is 2.22. The van der Waals surface area contributed by atoms with Crippen LogP contribution in [0.4, 0.5) is 0 Å². The summed E-state index contributed by atoms with van der Waals surface area (Å²) in [6.45, 7) is 12.9. The fourth-order valence-corrected chi connectivity index (χ4v) is 3.54. The molecule has 0 radical (unpaired) electrons. The van der Waals surface area contributed by atoms with E-state index in [0.717, 1.165) is 67.7 Å². The van der Waals surface area contributed by atoms with Crippen molar-refractivity contribution in [2.24, 2.45) is 4.99 Å². The minimum Gasteiger partial charge on any atom is -0.497 e. The van der Waals surface area contributed by atoms with Crippen molar-refractivity contribution in [3.8, 4) is 5.75 Å². The van der Waals surface area contributed by atoms with Crippen LogP contribution in [0, 0.1) is 0 Å². The summed E-state index contributed by atoms with van der Waals surface area (Å²) in [5.74, 6) is 1.67. The van der Waals surface area contributed by atoms with Crippen molar-refractivity contribution in [2.45, 2.75) is 39.2 Å². The second-order valence-corrected chi connectivity index (χ2v) is 7.53. The van der Waals surface area contributed by atoms with Crippen molar-refractivity contribution >= 4 is 17.6 Å². The van der Waals surface area contributed by atoms with Gasteiger partial charge in [0.25, 0.3) is 0 Å².